The van der Waals surface area contributed by atoms with Crippen LogP contribution in [0.4, 0.5) is 17.3 Å². The normalized spacial score (nSPS) is 21.0. The van der Waals surface area contributed by atoms with Crippen molar-refractivity contribution in [2.24, 2.45) is 0 Å². The Hall–Kier alpha value is -1.52. The average molecular weight is 289 g/mol. The summed E-state index contributed by atoms with van der Waals surface area (Å²) in [6, 6.07) is 0. The Labute approximate surface area is 127 Å². The molecule has 0 radical (unpaired) electrons. The Morgan fingerprint density at radius 1 is 0.667 bits per heavy atom. The zero-order valence-corrected chi connectivity index (χ0v) is 12.9. The lowest BCUT2D eigenvalue weighted by Crippen LogP contribution is -2.29. The van der Waals surface area contributed by atoms with E-state index in [0.717, 1.165) is 43.5 Å². The molecule has 2 N–H and O–H groups in total. The highest BCUT2D eigenvalue weighted by Crippen LogP contribution is 2.31. The highest BCUT2D eigenvalue weighted by molar-refractivity contribution is 5.75. The van der Waals surface area contributed by atoms with Crippen LogP contribution in [0.5, 0.6) is 0 Å². The second-order valence-corrected chi connectivity index (χ2v) is 6.24. The van der Waals surface area contributed by atoms with Crippen molar-refractivity contribution < 1.29 is 0 Å². The minimum atomic E-state index is 0.779. The summed E-state index contributed by atoms with van der Waals surface area (Å²) in [6.45, 7) is 4.28. The van der Waals surface area contributed by atoms with Gasteiger partial charge >= 0.3 is 0 Å². The van der Waals surface area contributed by atoms with Crippen LogP contribution in [0.3, 0.4) is 0 Å². The van der Waals surface area contributed by atoms with Crippen LogP contribution in [-0.2, 0) is 0 Å². The molecule has 2 saturated heterocycles. The van der Waals surface area contributed by atoms with Crippen LogP contribution in [0.1, 0.15) is 51.4 Å². The van der Waals surface area contributed by atoms with Gasteiger partial charge in [-0.15, -0.1) is 0 Å². The van der Waals surface area contributed by atoms with Gasteiger partial charge in [0.25, 0.3) is 0 Å². The number of hydrogen-bond donors (Lipinski definition) is 1. The molecule has 116 valence electrons. The van der Waals surface area contributed by atoms with Crippen LogP contribution in [0, 0.1) is 0 Å². The molecule has 1 aromatic heterocycles. The zero-order valence-electron chi connectivity index (χ0n) is 12.9. The van der Waals surface area contributed by atoms with Crippen molar-refractivity contribution in [1.82, 2.24) is 9.97 Å². The Morgan fingerprint density at radius 2 is 1.05 bits per heavy atom. The monoisotopic (exact) mass is 289 g/mol. The van der Waals surface area contributed by atoms with Gasteiger partial charge in [0.15, 0.2) is 11.6 Å². The Kier molecular flexibility index (Phi) is 4.78. The standard InChI is InChI=1S/C16H27N5/c17-14-15(20-9-5-1-2-6-10-20)18-13-19-16(14)21-11-7-3-4-8-12-21/h13H,1-12,17H2. The molecule has 21 heavy (non-hydrogen) atoms. The highest BCUT2D eigenvalue weighted by atomic mass is 15.3. The van der Waals surface area contributed by atoms with Gasteiger partial charge in [-0.3, -0.25) is 0 Å². The molecule has 0 amide bonds. The summed E-state index contributed by atoms with van der Waals surface area (Å²) in [5.74, 6) is 1.90. The molecule has 0 aliphatic carbocycles. The summed E-state index contributed by atoms with van der Waals surface area (Å²) < 4.78 is 0. The third-order valence-corrected chi connectivity index (χ3v) is 4.65. The molecule has 1 aromatic rings. The van der Waals surface area contributed by atoms with E-state index in [1.807, 2.05) is 0 Å². The molecule has 2 aliphatic heterocycles. The van der Waals surface area contributed by atoms with E-state index in [1.165, 1.54) is 51.4 Å². The first-order valence-corrected chi connectivity index (χ1v) is 8.46. The largest absolute Gasteiger partial charge is 0.393 e. The van der Waals surface area contributed by atoms with Gasteiger partial charge in [0, 0.05) is 26.2 Å². The lowest BCUT2D eigenvalue weighted by molar-refractivity contribution is 0.726. The molecule has 5 heteroatoms. The molecule has 2 aliphatic rings. The molecule has 2 fully saturated rings. The predicted octanol–water partition coefficient (Wildman–Crippen LogP) is 2.82. The summed E-state index contributed by atoms with van der Waals surface area (Å²) in [7, 11) is 0. The molecule has 0 saturated carbocycles. The second-order valence-electron chi connectivity index (χ2n) is 6.24. The van der Waals surface area contributed by atoms with Crippen LogP contribution in [0.2, 0.25) is 0 Å². The fraction of sp³-hybridized carbons (Fsp3) is 0.750. The fourth-order valence-electron chi connectivity index (χ4n) is 3.45. The van der Waals surface area contributed by atoms with E-state index >= 15 is 0 Å². The van der Waals surface area contributed by atoms with E-state index in [9.17, 15) is 0 Å². The van der Waals surface area contributed by atoms with Crippen molar-refractivity contribution in [3.8, 4) is 0 Å². The number of nitrogen functional groups attached to an aromatic ring is 1. The van der Waals surface area contributed by atoms with Crippen LogP contribution < -0.4 is 15.5 Å². The van der Waals surface area contributed by atoms with Gasteiger partial charge in [0.05, 0.1) is 0 Å². The van der Waals surface area contributed by atoms with E-state index in [0.29, 0.717) is 0 Å². The van der Waals surface area contributed by atoms with Crippen molar-refractivity contribution in [3.63, 3.8) is 0 Å². The maximum atomic E-state index is 6.44. The van der Waals surface area contributed by atoms with Crippen LogP contribution in [-0.4, -0.2) is 36.1 Å². The van der Waals surface area contributed by atoms with E-state index < -0.39 is 0 Å². The van der Waals surface area contributed by atoms with Crippen molar-refractivity contribution >= 4 is 17.3 Å². The van der Waals surface area contributed by atoms with Gasteiger partial charge < -0.3 is 15.5 Å². The number of hydrogen-bond acceptors (Lipinski definition) is 5. The molecule has 0 spiro atoms. The van der Waals surface area contributed by atoms with Crippen LogP contribution in [0.15, 0.2) is 6.33 Å². The smallest absolute Gasteiger partial charge is 0.157 e. The number of nitrogens with two attached hydrogens (primary N) is 1. The summed E-state index contributed by atoms with van der Waals surface area (Å²) in [6.07, 6.45) is 11.9. The van der Waals surface area contributed by atoms with Crippen LogP contribution in [0.25, 0.3) is 0 Å². The number of nitrogens with zero attached hydrogens (tertiary/aromatic N) is 4. The van der Waals surface area contributed by atoms with Gasteiger partial charge in [0.1, 0.15) is 12.0 Å². The molecule has 0 atom stereocenters. The molecule has 0 unspecified atom stereocenters. The molecular formula is C16H27N5. The zero-order chi connectivity index (χ0) is 14.5. The quantitative estimate of drug-likeness (QED) is 0.907. The highest BCUT2D eigenvalue weighted by Gasteiger charge is 2.20. The van der Waals surface area contributed by atoms with E-state index in [-0.39, 0.29) is 0 Å². The Bertz CT molecular complexity index is 408. The third kappa shape index (κ3) is 3.39. The van der Waals surface area contributed by atoms with E-state index in [4.69, 9.17) is 5.73 Å². The van der Waals surface area contributed by atoms with Gasteiger partial charge in [-0.05, 0) is 25.7 Å². The van der Waals surface area contributed by atoms with Crippen molar-refractivity contribution in [3.05, 3.63) is 6.33 Å². The summed E-state index contributed by atoms with van der Waals surface area (Å²) in [4.78, 5) is 13.7. The number of anilines is 3. The maximum absolute atomic E-state index is 6.44. The first-order chi connectivity index (χ1) is 10.4. The van der Waals surface area contributed by atoms with E-state index in [1.54, 1.807) is 6.33 Å². The van der Waals surface area contributed by atoms with E-state index in [2.05, 4.69) is 19.8 Å². The molecular weight excluding hydrogens is 262 g/mol. The Morgan fingerprint density at radius 3 is 1.43 bits per heavy atom. The summed E-state index contributed by atoms with van der Waals surface area (Å²) in [5, 5.41) is 0. The number of rotatable bonds is 2. The maximum Gasteiger partial charge on any atom is 0.157 e. The van der Waals surface area contributed by atoms with Crippen molar-refractivity contribution in [2.45, 2.75) is 51.4 Å². The van der Waals surface area contributed by atoms with Gasteiger partial charge in [-0.25, -0.2) is 9.97 Å². The average Bonchev–Trinajstić information content (AvgIpc) is 2.92. The fourth-order valence-corrected chi connectivity index (χ4v) is 3.45. The van der Waals surface area contributed by atoms with Gasteiger partial charge in [-0.2, -0.15) is 0 Å². The number of aromatic nitrogens is 2. The lowest BCUT2D eigenvalue weighted by Gasteiger charge is -2.27. The predicted molar refractivity (Wildman–Crippen MR) is 87.8 cm³/mol. The van der Waals surface area contributed by atoms with Crippen LogP contribution >= 0.6 is 0 Å². The lowest BCUT2D eigenvalue weighted by atomic mass is 10.2. The second kappa shape index (κ2) is 6.96. The molecule has 0 bridgehead atoms. The minimum absolute atomic E-state index is 0.779. The summed E-state index contributed by atoms with van der Waals surface area (Å²) in [5.41, 5.74) is 7.22. The van der Waals surface area contributed by atoms with Gasteiger partial charge in [-0.1, -0.05) is 25.7 Å². The first kappa shape index (κ1) is 14.4. The van der Waals surface area contributed by atoms with Crippen molar-refractivity contribution in [2.75, 3.05) is 41.7 Å². The molecule has 3 heterocycles. The molecule has 3 rings (SSSR count). The SMILES string of the molecule is Nc1c(N2CCCCCC2)ncnc1N1CCCCCC1. The summed E-state index contributed by atoms with van der Waals surface area (Å²) >= 11 is 0. The third-order valence-electron chi connectivity index (χ3n) is 4.65. The minimum Gasteiger partial charge on any atom is -0.393 e. The van der Waals surface area contributed by atoms with Gasteiger partial charge in [0.2, 0.25) is 0 Å². The topological polar surface area (TPSA) is 58.3 Å². The molecule has 5 nitrogen and oxygen atoms in total. The van der Waals surface area contributed by atoms with Crippen molar-refractivity contribution in [1.29, 1.82) is 0 Å². The Balaban J connectivity index is 1.83. The first-order valence-electron chi connectivity index (χ1n) is 8.46. The molecule has 0 aromatic carbocycles.